The molecule has 0 atom stereocenters. The van der Waals surface area contributed by atoms with Crippen LogP contribution in [0.4, 0.5) is 11.6 Å². The number of para-hydroxylation sites is 1. The number of nitrogens with one attached hydrogen (secondary N) is 1. The zero-order chi connectivity index (χ0) is 17.8. The van der Waals surface area contributed by atoms with Crippen molar-refractivity contribution in [2.75, 3.05) is 19.0 Å². The molecule has 5 heteroatoms. The molecule has 0 radical (unpaired) electrons. The lowest BCUT2D eigenvalue weighted by Gasteiger charge is -2.28. The minimum absolute atomic E-state index is 0.665. The predicted molar refractivity (Wildman–Crippen MR) is 103 cm³/mol. The molecule has 0 spiro atoms. The largest absolute Gasteiger partial charge is 0.497 e. The summed E-state index contributed by atoms with van der Waals surface area (Å²) in [5, 5.41) is 3.27. The van der Waals surface area contributed by atoms with Crippen molar-refractivity contribution in [3.05, 3.63) is 77.6 Å². The second-order valence-electron chi connectivity index (χ2n) is 6.47. The van der Waals surface area contributed by atoms with Crippen LogP contribution in [0.2, 0.25) is 0 Å². The number of fused-ring (bicyclic) bond motifs is 1. The first-order valence-electron chi connectivity index (χ1n) is 8.82. The molecule has 2 aromatic carbocycles. The van der Waals surface area contributed by atoms with E-state index in [0.29, 0.717) is 5.95 Å². The van der Waals surface area contributed by atoms with E-state index in [1.807, 2.05) is 48.7 Å². The van der Waals surface area contributed by atoms with Crippen LogP contribution in [0.5, 0.6) is 5.75 Å². The summed E-state index contributed by atoms with van der Waals surface area (Å²) in [5.74, 6) is 1.56. The summed E-state index contributed by atoms with van der Waals surface area (Å²) in [7, 11) is 1.69. The van der Waals surface area contributed by atoms with Crippen molar-refractivity contribution in [1.29, 1.82) is 0 Å². The van der Waals surface area contributed by atoms with E-state index in [9.17, 15) is 0 Å². The minimum Gasteiger partial charge on any atom is -0.497 e. The molecule has 0 saturated carbocycles. The smallest absolute Gasteiger partial charge is 0.227 e. The second kappa shape index (κ2) is 7.54. The number of ether oxygens (including phenoxy) is 1. The van der Waals surface area contributed by atoms with Gasteiger partial charge in [0.15, 0.2) is 0 Å². The zero-order valence-electron chi connectivity index (χ0n) is 14.9. The molecule has 1 aromatic heterocycles. The number of hydrogen-bond acceptors (Lipinski definition) is 5. The Morgan fingerprint density at radius 2 is 1.88 bits per heavy atom. The summed E-state index contributed by atoms with van der Waals surface area (Å²) < 4.78 is 5.22. The Bertz CT molecular complexity index is 865. The van der Waals surface area contributed by atoms with Crippen LogP contribution < -0.4 is 10.1 Å². The van der Waals surface area contributed by atoms with Crippen LogP contribution in [0.15, 0.2) is 60.8 Å². The Morgan fingerprint density at radius 1 is 1.08 bits per heavy atom. The molecule has 5 nitrogen and oxygen atoms in total. The third-order valence-corrected chi connectivity index (χ3v) is 4.61. The molecule has 0 aliphatic carbocycles. The van der Waals surface area contributed by atoms with Gasteiger partial charge in [0.25, 0.3) is 0 Å². The molecule has 0 bridgehead atoms. The number of benzene rings is 2. The quantitative estimate of drug-likeness (QED) is 0.762. The Balaban J connectivity index is 1.42. The summed E-state index contributed by atoms with van der Waals surface area (Å²) >= 11 is 0. The highest BCUT2D eigenvalue weighted by atomic mass is 16.5. The van der Waals surface area contributed by atoms with E-state index >= 15 is 0 Å². The maximum Gasteiger partial charge on any atom is 0.227 e. The van der Waals surface area contributed by atoms with Gasteiger partial charge in [0.2, 0.25) is 5.95 Å². The van der Waals surface area contributed by atoms with Gasteiger partial charge in [0, 0.05) is 43.5 Å². The van der Waals surface area contributed by atoms with E-state index in [2.05, 4.69) is 27.3 Å². The molecular formula is C21H22N4O. The number of nitrogens with zero attached hydrogens (tertiary/aromatic N) is 3. The molecule has 26 heavy (non-hydrogen) atoms. The van der Waals surface area contributed by atoms with Crippen LogP contribution >= 0.6 is 0 Å². The van der Waals surface area contributed by atoms with Crippen LogP contribution in [0.25, 0.3) is 0 Å². The first-order valence-corrected chi connectivity index (χ1v) is 8.82. The molecular weight excluding hydrogens is 324 g/mol. The Morgan fingerprint density at radius 3 is 2.65 bits per heavy atom. The van der Waals surface area contributed by atoms with Crippen LogP contribution in [-0.4, -0.2) is 28.5 Å². The van der Waals surface area contributed by atoms with Gasteiger partial charge in [-0.3, -0.25) is 4.90 Å². The molecule has 2 heterocycles. The Kier molecular flexibility index (Phi) is 4.80. The molecule has 0 fully saturated rings. The van der Waals surface area contributed by atoms with Crippen molar-refractivity contribution in [3.63, 3.8) is 0 Å². The van der Waals surface area contributed by atoms with Gasteiger partial charge >= 0.3 is 0 Å². The van der Waals surface area contributed by atoms with Gasteiger partial charge in [-0.05, 0) is 29.8 Å². The number of methoxy groups -OCH3 is 1. The van der Waals surface area contributed by atoms with Gasteiger partial charge < -0.3 is 10.1 Å². The van der Waals surface area contributed by atoms with E-state index in [-0.39, 0.29) is 0 Å². The molecule has 1 aliphatic rings. The lowest BCUT2D eigenvalue weighted by atomic mass is 10.1. The molecule has 0 amide bonds. The van der Waals surface area contributed by atoms with E-state index in [0.717, 1.165) is 43.2 Å². The summed E-state index contributed by atoms with van der Waals surface area (Å²) in [5.41, 5.74) is 4.65. The van der Waals surface area contributed by atoms with Crippen LogP contribution in [0.3, 0.4) is 0 Å². The van der Waals surface area contributed by atoms with Crippen molar-refractivity contribution in [1.82, 2.24) is 14.9 Å². The highest BCUT2D eigenvalue weighted by Crippen LogP contribution is 2.21. The van der Waals surface area contributed by atoms with E-state index in [1.165, 1.54) is 11.1 Å². The van der Waals surface area contributed by atoms with Crippen LogP contribution in [-0.2, 0) is 19.5 Å². The van der Waals surface area contributed by atoms with Crippen molar-refractivity contribution >= 4 is 11.6 Å². The summed E-state index contributed by atoms with van der Waals surface area (Å²) in [4.78, 5) is 11.6. The monoisotopic (exact) mass is 346 g/mol. The van der Waals surface area contributed by atoms with Gasteiger partial charge in [-0.15, -0.1) is 0 Å². The van der Waals surface area contributed by atoms with Crippen LogP contribution in [0, 0.1) is 0 Å². The van der Waals surface area contributed by atoms with Crippen LogP contribution in [0.1, 0.15) is 16.8 Å². The molecule has 1 N–H and O–H groups in total. The minimum atomic E-state index is 0.665. The highest BCUT2D eigenvalue weighted by molar-refractivity contribution is 5.52. The number of rotatable bonds is 5. The summed E-state index contributed by atoms with van der Waals surface area (Å²) in [6, 6.07) is 18.3. The fourth-order valence-electron chi connectivity index (χ4n) is 3.21. The van der Waals surface area contributed by atoms with E-state index in [4.69, 9.17) is 9.72 Å². The molecule has 3 aromatic rings. The topological polar surface area (TPSA) is 50.3 Å². The van der Waals surface area contributed by atoms with Gasteiger partial charge in [-0.25, -0.2) is 9.97 Å². The number of hydrogen-bond donors (Lipinski definition) is 1. The maximum atomic E-state index is 5.22. The lowest BCUT2D eigenvalue weighted by molar-refractivity contribution is 0.243. The highest BCUT2D eigenvalue weighted by Gasteiger charge is 2.18. The Hall–Kier alpha value is -2.92. The molecule has 0 unspecified atom stereocenters. The predicted octanol–water partition coefficient (Wildman–Crippen LogP) is 3.79. The normalized spacial score (nSPS) is 13.9. The zero-order valence-corrected chi connectivity index (χ0v) is 14.9. The van der Waals surface area contributed by atoms with Crippen molar-refractivity contribution in [3.8, 4) is 5.75 Å². The average Bonchev–Trinajstić information content (AvgIpc) is 2.69. The molecule has 4 rings (SSSR count). The molecule has 1 aliphatic heterocycles. The maximum absolute atomic E-state index is 5.22. The van der Waals surface area contributed by atoms with Gasteiger partial charge in [0.1, 0.15) is 5.75 Å². The van der Waals surface area contributed by atoms with Crippen molar-refractivity contribution in [2.45, 2.75) is 19.5 Å². The van der Waals surface area contributed by atoms with Crippen molar-refractivity contribution in [2.24, 2.45) is 0 Å². The van der Waals surface area contributed by atoms with Gasteiger partial charge in [-0.1, -0.05) is 30.3 Å². The van der Waals surface area contributed by atoms with E-state index < -0.39 is 0 Å². The fourth-order valence-corrected chi connectivity index (χ4v) is 3.21. The van der Waals surface area contributed by atoms with Gasteiger partial charge in [-0.2, -0.15) is 0 Å². The molecule has 0 saturated heterocycles. The standard InChI is InChI=1S/C21H22N4O/c1-26-19-9-7-16(8-10-19)14-25-12-11-20-17(15-25)13-22-21(24-20)23-18-5-3-2-4-6-18/h2-10,13H,11-12,14-15H2,1H3,(H,22,23,24). The first kappa shape index (κ1) is 16.5. The first-order chi connectivity index (χ1) is 12.8. The third kappa shape index (κ3) is 3.83. The van der Waals surface area contributed by atoms with E-state index in [1.54, 1.807) is 7.11 Å². The number of aromatic nitrogens is 2. The average molecular weight is 346 g/mol. The van der Waals surface area contributed by atoms with Crippen molar-refractivity contribution < 1.29 is 4.74 Å². The fraction of sp³-hybridized carbons (Fsp3) is 0.238. The summed E-state index contributed by atoms with van der Waals surface area (Å²) in [6.45, 7) is 2.81. The second-order valence-corrected chi connectivity index (χ2v) is 6.47. The summed E-state index contributed by atoms with van der Waals surface area (Å²) in [6.07, 6.45) is 2.89. The third-order valence-electron chi connectivity index (χ3n) is 4.61. The Labute approximate surface area is 153 Å². The number of anilines is 2. The SMILES string of the molecule is COc1ccc(CN2CCc3nc(Nc4ccccc4)ncc3C2)cc1. The lowest BCUT2D eigenvalue weighted by Crippen LogP contribution is -2.31. The van der Waals surface area contributed by atoms with Gasteiger partial charge in [0.05, 0.1) is 12.8 Å². The molecule has 132 valence electrons.